The maximum Gasteiger partial charge on any atom is 0.166 e. The molecular formula is C16H11BrN6. The average molecular weight is 367 g/mol. The summed E-state index contributed by atoms with van der Waals surface area (Å²) in [5, 5.41) is 4.37. The minimum Gasteiger partial charge on any atom is -0.382 e. The summed E-state index contributed by atoms with van der Waals surface area (Å²) in [6.45, 7) is 0. The molecule has 7 heteroatoms. The first-order valence-corrected chi connectivity index (χ1v) is 7.69. The van der Waals surface area contributed by atoms with E-state index < -0.39 is 0 Å². The summed E-state index contributed by atoms with van der Waals surface area (Å²) < 4.78 is 2.42. The fourth-order valence-corrected chi connectivity index (χ4v) is 2.78. The van der Waals surface area contributed by atoms with Crippen LogP contribution in [-0.4, -0.2) is 24.6 Å². The lowest BCUT2D eigenvalue weighted by atomic mass is 10.1. The zero-order valence-corrected chi connectivity index (χ0v) is 13.5. The van der Waals surface area contributed by atoms with Crippen LogP contribution in [0.15, 0.2) is 59.7 Å². The molecule has 23 heavy (non-hydrogen) atoms. The molecule has 0 aliphatic heterocycles. The van der Waals surface area contributed by atoms with Gasteiger partial charge in [-0.05, 0) is 45.8 Å². The number of hydrogen-bond donors (Lipinski definition) is 1. The summed E-state index contributed by atoms with van der Waals surface area (Å²) in [7, 11) is 0. The third-order valence-electron chi connectivity index (χ3n) is 3.48. The van der Waals surface area contributed by atoms with Crippen molar-refractivity contribution in [3.8, 4) is 22.4 Å². The van der Waals surface area contributed by atoms with Crippen LogP contribution in [0.2, 0.25) is 0 Å². The molecule has 0 fully saturated rings. The number of pyridine rings is 2. The van der Waals surface area contributed by atoms with Crippen molar-refractivity contribution < 1.29 is 0 Å². The highest BCUT2D eigenvalue weighted by atomic mass is 79.9. The second-order valence-corrected chi connectivity index (χ2v) is 5.76. The van der Waals surface area contributed by atoms with E-state index in [-0.39, 0.29) is 0 Å². The Bertz CT molecular complexity index is 996. The molecule has 4 aromatic rings. The van der Waals surface area contributed by atoms with Gasteiger partial charge in [0.25, 0.3) is 0 Å². The van der Waals surface area contributed by atoms with Crippen molar-refractivity contribution in [3.05, 3.63) is 59.7 Å². The number of nitrogens with two attached hydrogens (primary N) is 1. The lowest BCUT2D eigenvalue weighted by Gasteiger charge is -2.02. The van der Waals surface area contributed by atoms with E-state index in [9.17, 15) is 0 Å². The summed E-state index contributed by atoms with van der Waals surface area (Å²) in [6, 6.07) is 9.50. The van der Waals surface area contributed by atoms with E-state index in [4.69, 9.17) is 5.73 Å². The van der Waals surface area contributed by atoms with Gasteiger partial charge in [-0.1, -0.05) is 6.07 Å². The predicted octanol–water partition coefficient (Wildman–Crippen LogP) is 3.20. The second-order valence-electron chi connectivity index (χ2n) is 4.95. The quantitative estimate of drug-likeness (QED) is 0.550. The molecule has 0 radical (unpaired) electrons. The molecule has 0 bridgehead atoms. The van der Waals surface area contributed by atoms with Gasteiger partial charge in [0.2, 0.25) is 0 Å². The third kappa shape index (κ3) is 2.44. The number of fused-ring (bicyclic) bond motifs is 1. The number of nitrogen functional groups attached to an aromatic ring is 1. The van der Waals surface area contributed by atoms with E-state index in [1.807, 2.05) is 36.5 Å². The standard InChI is InChI=1S/C16H11BrN6/c17-13-3-1-2-12(21-13)14-15(18)22-23-9-11(8-20-16(14)23)10-4-6-19-7-5-10/h1-9H,(H2,18,22). The average Bonchev–Trinajstić information content (AvgIpc) is 2.90. The molecule has 0 aromatic carbocycles. The van der Waals surface area contributed by atoms with E-state index in [0.717, 1.165) is 27.0 Å². The largest absolute Gasteiger partial charge is 0.382 e. The van der Waals surface area contributed by atoms with E-state index in [2.05, 4.69) is 36.0 Å². The van der Waals surface area contributed by atoms with Crippen molar-refractivity contribution in [1.29, 1.82) is 0 Å². The van der Waals surface area contributed by atoms with Gasteiger partial charge in [-0.25, -0.2) is 14.5 Å². The molecule has 0 saturated carbocycles. The highest BCUT2D eigenvalue weighted by Crippen LogP contribution is 2.29. The molecule has 2 N–H and O–H groups in total. The molecule has 0 unspecified atom stereocenters. The van der Waals surface area contributed by atoms with Gasteiger partial charge < -0.3 is 5.73 Å². The Morgan fingerprint density at radius 2 is 1.87 bits per heavy atom. The number of nitrogens with zero attached hydrogens (tertiary/aromatic N) is 5. The maximum absolute atomic E-state index is 6.09. The Morgan fingerprint density at radius 1 is 1.04 bits per heavy atom. The Morgan fingerprint density at radius 3 is 2.65 bits per heavy atom. The van der Waals surface area contributed by atoms with Gasteiger partial charge in [-0.15, -0.1) is 5.10 Å². The van der Waals surface area contributed by atoms with Crippen LogP contribution in [-0.2, 0) is 0 Å². The van der Waals surface area contributed by atoms with Crippen molar-refractivity contribution in [1.82, 2.24) is 24.6 Å². The molecule has 0 atom stereocenters. The van der Waals surface area contributed by atoms with Gasteiger partial charge in [0.05, 0.1) is 11.3 Å². The molecule has 6 nitrogen and oxygen atoms in total. The van der Waals surface area contributed by atoms with E-state index >= 15 is 0 Å². The van der Waals surface area contributed by atoms with Crippen LogP contribution < -0.4 is 5.73 Å². The number of hydrogen-bond acceptors (Lipinski definition) is 5. The Kier molecular flexibility index (Phi) is 3.27. The van der Waals surface area contributed by atoms with E-state index in [0.29, 0.717) is 11.5 Å². The first-order valence-electron chi connectivity index (χ1n) is 6.89. The third-order valence-corrected chi connectivity index (χ3v) is 3.93. The van der Waals surface area contributed by atoms with Gasteiger partial charge in [-0.3, -0.25) is 4.98 Å². The van der Waals surface area contributed by atoms with Gasteiger partial charge in [0.15, 0.2) is 11.5 Å². The number of aromatic nitrogens is 5. The Hall–Kier alpha value is -2.80. The van der Waals surface area contributed by atoms with Crippen molar-refractivity contribution in [3.63, 3.8) is 0 Å². The molecule has 0 spiro atoms. The first kappa shape index (κ1) is 13.8. The van der Waals surface area contributed by atoms with Crippen LogP contribution >= 0.6 is 15.9 Å². The Labute approximate surface area is 140 Å². The molecule has 112 valence electrons. The molecule has 4 rings (SSSR count). The van der Waals surface area contributed by atoms with Crippen LogP contribution in [0.25, 0.3) is 28.0 Å². The fraction of sp³-hybridized carbons (Fsp3) is 0. The number of anilines is 1. The lowest BCUT2D eigenvalue weighted by Crippen LogP contribution is -1.92. The van der Waals surface area contributed by atoms with Crippen molar-refractivity contribution in [2.75, 3.05) is 5.73 Å². The highest BCUT2D eigenvalue weighted by Gasteiger charge is 2.15. The summed E-state index contributed by atoms with van der Waals surface area (Å²) >= 11 is 3.37. The number of halogens is 1. The van der Waals surface area contributed by atoms with Gasteiger partial charge in [0, 0.05) is 30.4 Å². The molecule has 0 amide bonds. The molecule has 4 heterocycles. The molecule has 0 aliphatic carbocycles. The second kappa shape index (κ2) is 5.44. The smallest absolute Gasteiger partial charge is 0.166 e. The SMILES string of the molecule is Nc1nn2cc(-c3ccncc3)cnc2c1-c1cccc(Br)n1. The Balaban J connectivity index is 1.90. The molecule has 0 saturated heterocycles. The first-order chi connectivity index (χ1) is 11.2. The topological polar surface area (TPSA) is 82.0 Å². The predicted molar refractivity (Wildman–Crippen MR) is 91.6 cm³/mol. The summed E-state index contributed by atoms with van der Waals surface area (Å²) in [5.74, 6) is 0.398. The van der Waals surface area contributed by atoms with E-state index in [1.54, 1.807) is 23.1 Å². The fourth-order valence-electron chi connectivity index (χ4n) is 2.44. The molecular weight excluding hydrogens is 356 g/mol. The normalized spacial score (nSPS) is 11.0. The highest BCUT2D eigenvalue weighted by molar-refractivity contribution is 9.10. The minimum absolute atomic E-state index is 0.398. The van der Waals surface area contributed by atoms with Gasteiger partial charge in [-0.2, -0.15) is 0 Å². The van der Waals surface area contributed by atoms with E-state index in [1.165, 1.54) is 0 Å². The summed E-state index contributed by atoms with van der Waals surface area (Å²) in [6.07, 6.45) is 7.18. The number of rotatable bonds is 2. The van der Waals surface area contributed by atoms with Crippen molar-refractivity contribution in [2.24, 2.45) is 0 Å². The van der Waals surface area contributed by atoms with Crippen molar-refractivity contribution >= 4 is 27.4 Å². The summed E-state index contributed by atoms with van der Waals surface area (Å²) in [4.78, 5) is 13.0. The zero-order valence-electron chi connectivity index (χ0n) is 11.9. The monoisotopic (exact) mass is 366 g/mol. The maximum atomic E-state index is 6.09. The van der Waals surface area contributed by atoms with Crippen LogP contribution in [0.4, 0.5) is 5.82 Å². The minimum atomic E-state index is 0.398. The van der Waals surface area contributed by atoms with Crippen LogP contribution in [0.3, 0.4) is 0 Å². The molecule has 0 aliphatic rings. The lowest BCUT2D eigenvalue weighted by molar-refractivity contribution is 0.947. The van der Waals surface area contributed by atoms with Crippen molar-refractivity contribution in [2.45, 2.75) is 0 Å². The molecule has 4 aromatic heterocycles. The van der Waals surface area contributed by atoms with Crippen LogP contribution in [0, 0.1) is 0 Å². The summed E-state index contributed by atoms with van der Waals surface area (Å²) in [5.41, 5.74) is 10.2. The zero-order chi connectivity index (χ0) is 15.8. The van der Waals surface area contributed by atoms with Crippen LogP contribution in [0.1, 0.15) is 0 Å². The van der Waals surface area contributed by atoms with Crippen LogP contribution in [0.5, 0.6) is 0 Å². The van der Waals surface area contributed by atoms with Gasteiger partial charge >= 0.3 is 0 Å². The van der Waals surface area contributed by atoms with Gasteiger partial charge in [0.1, 0.15) is 4.60 Å².